The number of carbonyl (C=O) groups excluding carboxylic acids is 1. The summed E-state index contributed by atoms with van der Waals surface area (Å²) in [6.07, 6.45) is 4.39. The number of ether oxygens (including phenoxy) is 2. The zero-order valence-corrected chi connectivity index (χ0v) is 22.8. The number of benzene rings is 2. The van der Waals surface area contributed by atoms with Crippen LogP contribution in [0, 0.1) is 11.3 Å². The molecule has 8 heteroatoms. The van der Waals surface area contributed by atoms with Crippen LogP contribution >= 0.6 is 0 Å². The minimum atomic E-state index is -0.939. The van der Waals surface area contributed by atoms with Crippen molar-refractivity contribution in [3.8, 4) is 5.75 Å². The number of carboxylic acids is 1. The van der Waals surface area contributed by atoms with Crippen molar-refractivity contribution in [1.29, 1.82) is 0 Å². The fourth-order valence-corrected chi connectivity index (χ4v) is 5.43. The van der Waals surface area contributed by atoms with Crippen LogP contribution in [-0.4, -0.2) is 54.2 Å². The van der Waals surface area contributed by atoms with Crippen LogP contribution in [0.4, 0.5) is 5.69 Å². The van der Waals surface area contributed by atoms with E-state index in [0.717, 1.165) is 29.8 Å². The summed E-state index contributed by atoms with van der Waals surface area (Å²) in [5.41, 5.74) is 2.67. The van der Waals surface area contributed by atoms with Crippen molar-refractivity contribution >= 4 is 23.6 Å². The Hall–Kier alpha value is -3.55. The van der Waals surface area contributed by atoms with Crippen LogP contribution < -0.4 is 10.1 Å². The standard InChI is InChI=1S/C30H39N3O5/c1-30(2,3)22-9-13-24(14-10-22)33-26(19-38-29(33)32-23-11-15-25(37-4)16-12-23)20-5-7-21(8-6-20)28(36)31-18-17-27(34)35/h5-8,11-12,15-16,22,24,26H,9-10,13-14,17-19H2,1-4H3,(H,31,36)(H,34,35)/b32-29-. The average molecular weight is 522 g/mol. The van der Waals surface area contributed by atoms with Crippen LogP contribution in [0.25, 0.3) is 0 Å². The third kappa shape index (κ3) is 6.65. The molecule has 2 aromatic rings. The molecule has 2 aromatic carbocycles. The van der Waals surface area contributed by atoms with Crippen LogP contribution in [0.1, 0.15) is 74.8 Å². The molecule has 1 unspecified atom stereocenters. The van der Waals surface area contributed by atoms with Crippen molar-refractivity contribution in [2.45, 2.75) is 65.0 Å². The van der Waals surface area contributed by atoms with Gasteiger partial charge in [0.25, 0.3) is 11.9 Å². The molecule has 1 atom stereocenters. The zero-order chi connectivity index (χ0) is 27.3. The lowest BCUT2D eigenvalue weighted by atomic mass is 9.71. The first-order chi connectivity index (χ1) is 18.2. The summed E-state index contributed by atoms with van der Waals surface area (Å²) in [5, 5.41) is 11.5. The molecule has 2 aliphatic rings. The number of nitrogens with one attached hydrogen (secondary N) is 1. The van der Waals surface area contributed by atoms with E-state index >= 15 is 0 Å². The second kappa shape index (κ2) is 11.9. The summed E-state index contributed by atoms with van der Waals surface area (Å²) >= 11 is 0. The lowest BCUT2D eigenvalue weighted by molar-refractivity contribution is -0.136. The van der Waals surface area contributed by atoms with Gasteiger partial charge in [0.15, 0.2) is 0 Å². The van der Waals surface area contributed by atoms with Crippen molar-refractivity contribution in [3.63, 3.8) is 0 Å². The van der Waals surface area contributed by atoms with Gasteiger partial charge < -0.3 is 24.8 Å². The van der Waals surface area contributed by atoms with Gasteiger partial charge in [0.2, 0.25) is 0 Å². The lowest BCUT2D eigenvalue weighted by Gasteiger charge is -2.41. The van der Waals surface area contributed by atoms with Crippen molar-refractivity contribution < 1.29 is 24.2 Å². The fourth-order valence-electron chi connectivity index (χ4n) is 5.43. The van der Waals surface area contributed by atoms with Crippen molar-refractivity contribution in [1.82, 2.24) is 10.2 Å². The van der Waals surface area contributed by atoms with Gasteiger partial charge >= 0.3 is 5.97 Å². The molecule has 1 saturated carbocycles. The Balaban J connectivity index is 1.55. The van der Waals surface area contributed by atoms with E-state index in [-0.39, 0.29) is 24.9 Å². The molecule has 1 amide bonds. The Kier molecular flexibility index (Phi) is 8.59. The van der Waals surface area contributed by atoms with Gasteiger partial charge in [-0.1, -0.05) is 32.9 Å². The average Bonchev–Trinajstić information content (AvgIpc) is 3.32. The molecule has 4 rings (SSSR count). The Bertz CT molecular complexity index is 1130. The second-order valence-corrected chi connectivity index (χ2v) is 11.2. The maximum atomic E-state index is 12.4. The lowest BCUT2D eigenvalue weighted by Crippen LogP contribution is -2.42. The highest BCUT2D eigenvalue weighted by Gasteiger charge is 2.40. The van der Waals surface area contributed by atoms with Gasteiger partial charge in [0, 0.05) is 18.2 Å². The molecular weight excluding hydrogens is 482 g/mol. The number of rotatable bonds is 8. The number of aliphatic carboxylic acids is 1. The first-order valence-electron chi connectivity index (χ1n) is 13.4. The summed E-state index contributed by atoms with van der Waals surface area (Å²) in [6, 6.07) is 16.1. The Morgan fingerprint density at radius 1 is 1.05 bits per heavy atom. The molecule has 2 fully saturated rings. The molecule has 8 nitrogen and oxygen atoms in total. The normalized spacial score (nSPS) is 22.7. The van der Waals surface area contributed by atoms with Gasteiger partial charge in [0.05, 0.1) is 25.3 Å². The molecule has 2 N–H and O–H groups in total. The molecule has 0 bridgehead atoms. The van der Waals surface area contributed by atoms with E-state index in [4.69, 9.17) is 19.6 Å². The largest absolute Gasteiger partial charge is 0.497 e. The summed E-state index contributed by atoms with van der Waals surface area (Å²) in [7, 11) is 1.65. The monoisotopic (exact) mass is 521 g/mol. The Morgan fingerprint density at radius 3 is 2.29 bits per heavy atom. The van der Waals surface area contributed by atoms with Gasteiger partial charge in [-0.3, -0.25) is 9.59 Å². The molecule has 204 valence electrons. The number of aliphatic imine (C=N–C) groups is 1. The maximum Gasteiger partial charge on any atom is 0.305 e. The zero-order valence-electron chi connectivity index (χ0n) is 22.8. The van der Waals surface area contributed by atoms with E-state index in [9.17, 15) is 9.59 Å². The third-order valence-electron chi connectivity index (χ3n) is 7.72. The molecule has 0 spiro atoms. The third-order valence-corrected chi connectivity index (χ3v) is 7.72. The number of carboxylic acid groups (broad SMARTS) is 1. The minimum absolute atomic E-state index is 0.00712. The molecule has 1 heterocycles. The molecule has 0 aromatic heterocycles. The van der Waals surface area contributed by atoms with Crippen molar-refractivity contribution in [2.24, 2.45) is 16.3 Å². The molecule has 0 radical (unpaired) electrons. The first kappa shape index (κ1) is 27.5. The van der Waals surface area contributed by atoms with Gasteiger partial charge in [-0.2, -0.15) is 4.99 Å². The Morgan fingerprint density at radius 2 is 1.71 bits per heavy atom. The van der Waals surface area contributed by atoms with Gasteiger partial charge in [-0.25, -0.2) is 0 Å². The fraction of sp³-hybridized carbons (Fsp3) is 0.500. The number of nitrogens with zero attached hydrogens (tertiary/aromatic N) is 2. The maximum absolute atomic E-state index is 12.4. The van der Waals surface area contributed by atoms with Gasteiger partial charge in [0.1, 0.15) is 12.4 Å². The minimum Gasteiger partial charge on any atom is -0.497 e. The first-order valence-corrected chi connectivity index (χ1v) is 13.4. The highest BCUT2D eigenvalue weighted by Crippen LogP contribution is 2.42. The quantitative estimate of drug-likeness (QED) is 0.471. The molecule has 1 aliphatic carbocycles. The molecule has 38 heavy (non-hydrogen) atoms. The van der Waals surface area contributed by atoms with Crippen molar-refractivity contribution in [3.05, 3.63) is 59.7 Å². The number of methoxy groups -OCH3 is 1. The SMILES string of the molecule is COc1ccc(/N=C2\OCC(c3ccc(C(=O)NCCC(=O)O)cc3)N2C2CCC(C(C)(C)C)CC2)cc1. The predicted octanol–water partition coefficient (Wildman–Crippen LogP) is 5.57. The van der Waals surface area contributed by atoms with Crippen LogP contribution in [-0.2, 0) is 9.53 Å². The van der Waals surface area contributed by atoms with Crippen LogP contribution in [0.3, 0.4) is 0 Å². The highest BCUT2D eigenvalue weighted by molar-refractivity contribution is 5.94. The van der Waals surface area contributed by atoms with Crippen LogP contribution in [0.2, 0.25) is 0 Å². The topological polar surface area (TPSA) is 100 Å². The molecular formula is C30H39N3O5. The smallest absolute Gasteiger partial charge is 0.305 e. The van der Waals surface area contributed by atoms with E-state index < -0.39 is 5.97 Å². The van der Waals surface area contributed by atoms with Crippen LogP contribution in [0.5, 0.6) is 5.75 Å². The van der Waals surface area contributed by atoms with E-state index in [1.165, 1.54) is 12.8 Å². The number of amides is 1. The summed E-state index contributed by atoms with van der Waals surface area (Å²) in [5.74, 6) is 0.260. The van der Waals surface area contributed by atoms with Gasteiger partial charge in [-0.15, -0.1) is 0 Å². The number of hydrogen-bond donors (Lipinski definition) is 2. The number of amidine groups is 1. The van der Waals surface area contributed by atoms with Gasteiger partial charge in [-0.05, 0) is 79.0 Å². The second-order valence-electron chi connectivity index (χ2n) is 11.2. The highest BCUT2D eigenvalue weighted by atomic mass is 16.5. The van der Waals surface area contributed by atoms with E-state index in [2.05, 4.69) is 31.0 Å². The predicted molar refractivity (Wildman–Crippen MR) is 147 cm³/mol. The van der Waals surface area contributed by atoms with E-state index in [1.54, 1.807) is 19.2 Å². The Labute approximate surface area is 225 Å². The molecule has 1 saturated heterocycles. The van der Waals surface area contributed by atoms with E-state index in [1.807, 2.05) is 36.4 Å². The number of carbonyl (C=O) groups is 2. The number of hydrogen-bond acceptors (Lipinski definition) is 5. The summed E-state index contributed by atoms with van der Waals surface area (Å²) < 4.78 is 11.5. The summed E-state index contributed by atoms with van der Waals surface area (Å²) in [6.45, 7) is 7.57. The molecule has 1 aliphatic heterocycles. The van der Waals surface area contributed by atoms with Crippen molar-refractivity contribution in [2.75, 3.05) is 20.3 Å². The summed E-state index contributed by atoms with van der Waals surface area (Å²) in [4.78, 5) is 30.4. The van der Waals surface area contributed by atoms with Crippen LogP contribution in [0.15, 0.2) is 53.5 Å². The van der Waals surface area contributed by atoms with E-state index in [0.29, 0.717) is 35.6 Å².